The molecule has 5 heteroatoms. The summed E-state index contributed by atoms with van der Waals surface area (Å²) in [4.78, 5) is 0. The molecule has 0 aliphatic carbocycles. The quantitative estimate of drug-likeness (QED) is 0.706. The lowest BCUT2D eigenvalue weighted by Gasteiger charge is -2.18. The monoisotopic (exact) mass is 339 g/mol. The molecule has 0 bridgehead atoms. The summed E-state index contributed by atoms with van der Waals surface area (Å²) in [7, 11) is 3.60. The predicted octanol–water partition coefficient (Wildman–Crippen LogP) is 4.02. The minimum atomic E-state index is -0.0267. The molecule has 2 heterocycles. The van der Waals surface area contributed by atoms with Gasteiger partial charge in [0.25, 0.3) is 0 Å². The van der Waals surface area contributed by atoms with Gasteiger partial charge in [-0.05, 0) is 23.6 Å². The number of aromatic nitrogens is 2. The second kappa shape index (κ2) is 7.57. The van der Waals surface area contributed by atoms with Crippen LogP contribution in [0.15, 0.2) is 53.1 Å². The van der Waals surface area contributed by atoms with Crippen molar-refractivity contribution in [3.63, 3.8) is 0 Å². The molecule has 0 saturated carbocycles. The molecule has 0 radical (unpaired) electrons. The van der Waals surface area contributed by atoms with Crippen molar-refractivity contribution in [3.8, 4) is 5.88 Å². The summed E-state index contributed by atoms with van der Waals surface area (Å²) < 4.78 is 13.0. The van der Waals surface area contributed by atoms with Gasteiger partial charge < -0.3 is 9.15 Å². The summed E-state index contributed by atoms with van der Waals surface area (Å²) in [5.74, 6) is 2.01. The van der Waals surface area contributed by atoms with Crippen LogP contribution in [0.25, 0.3) is 0 Å². The third kappa shape index (κ3) is 3.61. The van der Waals surface area contributed by atoms with Crippen molar-refractivity contribution in [2.24, 2.45) is 7.05 Å². The van der Waals surface area contributed by atoms with Crippen LogP contribution < -0.4 is 10.1 Å². The SMILES string of the molecule is COc1c(CN[C@H](c2ccccc2)c2ccco2)c(C(C)C)nn1C. The van der Waals surface area contributed by atoms with Gasteiger partial charge in [-0.15, -0.1) is 0 Å². The molecule has 2 aromatic heterocycles. The maximum Gasteiger partial charge on any atom is 0.216 e. The summed E-state index contributed by atoms with van der Waals surface area (Å²) >= 11 is 0. The number of nitrogens with one attached hydrogen (secondary N) is 1. The molecule has 0 saturated heterocycles. The number of methoxy groups -OCH3 is 1. The molecule has 0 aliphatic rings. The molecular weight excluding hydrogens is 314 g/mol. The van der Waals surface area contributed by atoms with E-state index in [1.807, 2.05) is 37.4 Å². The van der Waals surface area contributed by atoms with Crippen molar-refractivity contribution in [1.29, 1.82) is 0 Å². The fourth-order valence-corrected chi connectivity index (χ4v) is 3.15. The maximum absolute atomic E-state index is 5.66. The van der Waals surface area contributed by atoms with Crippen molar-refractivity contribution in [2.75, 3.05) is 7.11 Å². The Kier molecular flexibility index (Phi) is 5.24. The minimum absolute atomic E-state index is 0.0267. The fraction of sp³-hybridized carbons (Fsp3) is 0.350. The zero-order valence-electron chi connectivity index (χ0n) is 15.2. The van der Waals surface area contributed by atoms with Crippen LogP contribution in [0.4, 0.5) is 0 Å². The molecule has 0 spiro atoms. The van der Waals surface area contributed by atoms with Crippen molar-refractivity contribution >= 4 is 0 Å². The number of hydrogen-bond acceptors (Lipinski definition) is 4. The van der Waals surface area contributed by atoms with Gasteiger partial charge >= 0.3 is 0 Å². The Labute approximate surface area is 148 Å². The highest BCUT2D eigenvalue weighted by Gasteiger charge is 2.22. The molecule has 0 fully saturated rings. The molecule has 132 valence electrons. The van der Waals surface area contributed by atoms with Crippen LogP contribution in [-0.2, 0) is 13.6 Å². The standard InChI is InChI=1S/C20H25N3O2/c1-14(2)18-16(20(24-4)23(3)22-18)13-21-19(17-11-8-12-25-17)15-9-6-5-7-10-15/h5-12,14,19,21H,13H2,1-4H3/t19-/m1/s1. The van der Waals surface area contributed by atoms with Gasteiger partial charge in [0.2, 0.25) is 5.88 Å². The predicted molar refractivity (Wildman–Crippen MR) is 97.7 cm³/mol. The lowest BCUT2D eigenvalue weighted by Crippen LogP contribution is -2.22. The molecule has 1 atom stereocenters. The highest BCUT2D eigenvalue weighted by Crippen LogP contribution is 2.29. The highest BCUT2D eigenvalue weighted by molar-refractivity contribution is 5.34. The van der Waals surface area contributed by atoms with Gasteiger partial charge in [-0.1, -0.05) is 44.2 Å². The van der Waals surface area contributed by atoms with Crippen molar-refractivity contribution in [2.45, 2.75) is 32.4 Å². The first-order chi connectivity index (χ1) is 12.1. The van der Waals surface area contributed by atoms with E-state index in [-0.39, 0.29) is 6.04 Å². The van der Waals surface area contributed by atoms with E-state index in [1.54, 1.807) is 18.1 Å². The average molecular weight is 339 g/mol. The summed E-state index contributed by atoms with van der Waals surface area (Å²) in [5.41, 5.74) is 3.30. The van der Waals surface area contributed by atoms with E-state index in [4.69, 9.17) is 9.15 Å². The number of ether oxygens (including phenoxy) is 1. The molecule has 1 N–H and O–H groups in total. The Morgan fingerprint density at radius 1 is 1.16 bits per heavy atom. The summed E-state index contributed by atoms with van der Waals surface area (Å²) in [6.45, 7) is 4.93. The first-order valence-corrected chi connectivity index (χ1v) is 8.53. The number of rotatable bonds is 7. The number of benzene rings is 1. The Bertz CT molecular complexity index is 792. The Balaban J connectivity index is 1.90. The van der Waals surface area contributed by atoms with Gasteiger partial charge in [0.05, 0.1) is 30.7 Å². The van der Waals surface area contributed by atoms with Gasteiger partial charge in [0.1, 0.15) is 5.76 Å². The molecule has 0 aliphatic heterocycles. The topological polar surface area (TPSA) is 52.2 Å². The van der Waals surface area contributed by atoms with Crippen LogP contribution in [-0.4, -0.2) is 16.9 Å². The Morgan fingerprint density at radius 2 is 1.92 bits per heavy atom. The van der Waals surface area contributed by atoms with Crippen LogP contribution >= 0.6 is 0 Å². The third-order valence-electron chi connectivity index (χ3n) is 4.30. The zero-order chi connectivity index (χ0) is 17.8. The largest absolute Gasteiger partial charge is 0.481 e. The van der Waals surface area contributed by atoms with Crippen LogP contribution in [0.3, 0.4) is 0 Å². The first-order valence-electron chi connectivity index (χ1n) is 8.53. The number of nitrogens with zero attached hydrogens (tertiary/aromatic N) is 2. The van der Waals surface area contributed by atoms with Gasteiger partial charge in [0, 0.05) is 13.6 Å². The first kappa shape index (κ1) is 17.3. The Hall–Kier alpha value is -2.53. The van der Waals surface area contributed by atoms with Crippen molar-refractivity contribution in [1.82, 2.24) is 15.1 Å². The molecular formula is C20H25N3O2. The third-order valence-corrected chi connectivity index (χ3v) is 4.30. The second-order valence-electron chi connectivity index (χ2n) is 6.39. The summed E-state index contributed by atoms with van der Waals surface area (Å²) in [5, 5.41) is 8.23. The smallest absolute Gasteiger partial charge is 0.216 e. The molecule has 3 rings (SSSR count). The van der Waals surface area contributed by atoms with E-state index in [2.05, 4.69) is 36.4 Å². The van der Waals surface area contributed by atoms with E-state index in [0.717, 1.165) is 28.5 Å². The fourth-order valence-electron chi connectivity index (χ4n) is 3.15. The molecule has 1 aromatic carbocycles. The van der Waals surface area contributed by atoms with Crippen molar-refractivity contribution < 1.29 is 9.15 Å². The zero-order valence-corrected chi connectivity index (χ0v) is 15.2. The number of aryl methyl sites for hydroxylation is 1. The Morgan fingerprint density at radius 3 is 2.52 bits per heavy atom. The molecule has 0 unspecified atom stereocenters. The van der Waals surface area contributed by atoms with Crippen molar-refractivity contribution in [3.05, 3.63) is 71.3 Å². The van der Waals surface area contributed by atoms with Crippen LogP contribution in [0, 0.1) is 0 Å². The summed E-state index contributed by atoms with van der Waals surface area (Å²) in [6, 6.07) is 14.2. The van der Waals surface area contributed by atoms with E-state index < -0.39 is 0 Å². The lowest BCUT2D eigenvalue weighted by atomic mass is 10.0. The van der Waals surface area contributed by atoms with Gasteiger partial charge in [-0.25, -0.2) is 4.68 Å². The van der Waals surface area contributed by atoms with Crippen LogP contribution in [0.2, 0.25) is 0 Å². The number of hydrogen-bond donors (Lipinski definition) is 1. The van der Waals surface area contributed by atoms with E-state index in [9.17, 15) is 0 Å². The van der Waals surface area contributed by atoms with Gasteiger partial charge in [-0.2, -0.15) is 5.10 Å². The molecule has 0 amide bonds. The van der Waals surface area contributed by atoms with Crippen LogP contribution in [0.5, 0.6) is 5.88 Å². The van der Waals surface area contributed by atoms with Gasteiger partial charge in [-0.3, -0.25) is 5.32 Å². The van der Waals surface area contributed by atoms with E-state index in [0.29, 0.717) is 12.5 Å². The molecule has 3 aromatic rings. The van der Waals surface area contributed by atoms with Crippen LogP contribution in [0.1, 0.15) is 48.4 Å². The van der Waals surface area contributed by atoms with E-state index >= 15 is 0 Å². The minimum Gasteiger partial charge on any atom is -0.481 e. The molecule has 5 nitrogen and oxygen atoms in total. The van der Waals surface area contributed by atoms with Gasteiger partial charge in [0.15, 0.2) is 0 Å². The average Bonchev–Trinajstić information content (AvgIpc) is 3.24. The lowest BCUT2D eigenvalue weighted by molar-refractivity contribution is 0.366. The highest BCUT2D eigenvalue weighted by atomic mass is 16.5. The summed E-state index contributed by atoms with van der Waals surface area (Å²) in [6.07, 6.45) is 1.71. The number of furan rings is 1. The van der Waals surface area contributed by atoms with E-state index in [1.165, 1.54) is 0 Å². The normalized spacial score (nSPS) is 12.5. The second-order valence-corrected chi connectivity index (χ2v) is 6.39. The maximum atomic E-state index is 5.66. The molecule has 25 heavy (non-hydrogen) atoms.